The van der Waals surface area contributed by atoms with E-state index >= 15 is 0 Å². The van der Waals surface area contributed by atoms with Gasteiger partial charge in [-0.15, -0.1) is 0 Å². The van der Waals surface area contributed by atoms with Crippen molar-refractivity contribution in [3.8, 4) is 5.75 Å². The topological polar surface area (TPSA) is 44.7 Å². The monoisotopic (exact) mass is 334 g/mol. The number of hydrogen-bond donors (Lipinski definition) is 2. The molecule has 1 aromatic carbocycles. The van der Waals surface area contributed by atoms with Crippen LogP contribution in [0.1, 0.15) is 51.8 Å². The van der Waals surface area contributed by atoms with Gasteiger partial charge in [0.05, 0.1) is 12.7 Å². The minimum atomic E-state index is -0.510. The molecule has 2 rings (SSSR count). The average molecular weight is 335 g/mol. The highest BCUT2D eigenvalue weighted by Crippen LogP contribution is 2.35. The summed E-state index contributed by atoms with van der Waals surface area (Å²) in [7, 11) is 0. The predicted octanol–water partition coefficient (Wildman–Crippen LogP) is 2.96. The van der Waals surface area contributed by atoms with Crippen LogP contribution < -0.4 is 10.1 Å². The Balaban J connectivity index is 2.19. The van der Waals surface area contributed by atoms with Crippen molar-refractivity contribution < 1.29 is 9.84 Å². The number of ether oxygens (including phenoxy) is 1. The van der Waals surface area contributed by atoms with Crippen molar-refractivity contribution in [2.45, 2.75) is 46.1 Å². The number of nitrogens with one attached hydrogen (secondary N) is 1. The largest absolute Gasteiger partial charge is 0.493 e. The normalized spacial score (nSPS) is 19.1. The van der Waals surface area contributed by atoms with Crippen LogP contribution in [0.15, 0.2) is 18.2 Å². The third-order valence-corrected chi connectivity index (χ3v) is 4.79. The smallest absolute Gasteiger partial charge is 0.125 e. The highest BCUT2D eigenvalue weighted by Gasteiger charge is 2.25. The highest BCUT2D eigenvalue weighted by molar-refractivity contribution is 5.41. The Morgan fingerprint density at radius 3 is 2.50 bits per heavy atom. The second kappa shape index (κ2) is 8.32. The molecule has 2 atom stereocenters. The lowest BCUT2D eigenvalue weighted by atomic mass is 9.84. The third kappa shape index (κ3) is 4.95. The Kier molecular flexibility index (Phi) is 6.67. The van der Waals surface area contributed by atoms with Gasteiger partial charge in [0.15, 0.2) is 0 Å². The fourth-order valence-electron chi connectivity index (χ4n) is 3.24. The van der Waals surface area contributed by atoms with Gasteiger partial charge < -0.3 is 20.1 Å². The van der Waals surface area contributed by atoms with Crippen molar-refractivity contribution in [2.75, 3.05) is 39.3 Å². The molecular weight excluding hydrogens is 300 g/mol. The molecule has 1 heterocycles. The SMILES string of the molecule is CCOc1ccc(C(C)(C)C)cc1C(O)C(C)CN1CCNCC1. The van der Waals surface area contributed by atoms with Crippen molar-refractivity contribution in [2.24, 2.45) is 5.92 Å². The molecule has 0 saturated carbocycles. The van der Waals surface area contributed by atoms with Crippen LogP contribution in [0.5, 0.6) is 5.75 Å². The maximum atomic E-state index is 11.0. The average Bonchev–Trinajstić information content (AvgIpc) is 2.54. The number of piperazine rings is 1. The van der Waals surface area contributed by atoms with E-state index in [4.69, 9.17) is 4.74 Å². The second-order valence-corrected chi connectivity index (χ2v) is 7.91. The molecule has 0 spiro atoms. The van der Waals surface area contributed by atoms with E-state index in [2.05, 4.69) is 50.0 Å². The molecule has 1 aliphatic heterocycles. The number of hydrogen-bond acceptors (Lipinski definition) is 4. The first kappa shape index (κ1) is 19.2. The fraction of sp³-hybridized carbons (Fsp3) is 0.700. The van der Waals surface area contributed by atoms with Crippen LogP contribution in [0.4, 0.5) is 0 Å². The molecule has 1 aliphatic rings. The van der Waals surface area contributed by atoms with Gasteiger partial charge in [-0.3, -0.25) is 0 Å². The van der Waals surface area contributed by atoms with Crippen molar-refractivity contribution in [1.29, 1.82) is 0 Å². The van der Waals surface area contributed by atoms with Crippen molar-refractivity contribution in [3.05, 3.63) is 29.3 Å². The molecule has 4 nitrogen and oxygen atoms in total. The van der Waals surface area contributed by atoms with Gasteiger partial charge in [0.1, 0.15) is 5.75 Å². The van der Waals surface area contributed by atoms with Gasteiger partial charge in [-0.2, -0.15) is 0 Å². The maximum Gasteiger partial charge on any atom is 0.125 e. The summed E-state index contributed by atoms with van der Waals surface area (Å²) in [6, 6.07) is 6.26. The van der Waals surface area contributed by atoms with Gasteiger partial charge >= 0.3 is 0 Å². The lowest BCUT2D eigenvalue weighted by Gasteiger charge is -2.32. The maximum absolute atomic E-state index is 11.0. The third-order valence-electron chi connectivity index (χ3n) is 4.79. The van der Waals surface area contributed by atoms with Crippen LogP contribution in [-0.2, 0) is 5.41 Å². The summed E-state index contributed by atoms with van der Waals surface area (Å²) < 4.78 is 5.78. The van der Waals surface area contributed by atoms with E-state index in [9.17, 15) is 5.11 Å². The lowest BCUT2D eigenvalue weighted by Crippen LogP contribution is -2.45. The number of aliphatic hydroxyl groups is 1. The summed E-state index contributed by atoms with van der Waals surface area (Å²) in [5.74, 6) is 0.975. The first-order valence-electron chi connectivity index (χ1n) is 9.21. The Morgan fingerprint density at radius 1 is 1.25 bits per heavy atom. The van der Waals surface area contributed by atoms with E-state index in [0.717, 1.165) is 44.0 Å². The van der Waals surface area contributed by atoms with Crippen LogP contribution in [0.2, 0.25) is 0 Å². The molecule has 136 valence electrons. The van der Waals surface area contributed by atoms with Crippen molar-refractivity contribution >= 4 is 0 Å². The molecule has 0 aromatic heterocycles. The number of nitrogens with zero attached hydrogens (tertiary/aromatic N) is 1. The predicted molar refractivity (Wildman–Crippen MR) is 99.7 cm³/mol. The highest BCUT2D eigenvalue weighted by atomic mass is 16.5. The van der Waals surface area contributed by atoms with Crippen LogP contribution in [0, 0.1) is 5.92 Å². The zero-order chi connectivity index (χ0) is 17.7. The van der Waals surface area contributed by atoms with E-state index in [0.29, 0.717) is 6.61 Å². The lowest BCUT2D eigenvalue weighted by molar-refractivity contribution is 0.0815. The van der Waals surface area contributed by atoms with Gasteiger partial charge in [0.25, 0.3) is 0 Å². The quantitative estimate of drug-likeness (QED) is 0.839. The molecule has 24 heavy (non-hydrogen) atoms. The molecule has 2 N–H and O–H groups in total. The van der Waals surface area contributed by atoms with Crippen LogP contribution in [0.3, 0.4) is 0 Å². The van der Waals surface area contributed by atoms with Crippen LogP contribution >= 0.6 is 0 Å². The van der Waals surface area contributed by atoms with Gasteiger partial charge in [0.2, 0.25) is 0 Å². The van der Waals surface area contributed by atoms with E-state index in [1.165, 1.54) is 5.56 Å². The Hall–Kier alpha value is -1.10. The Morgan fingerprint density at radius 2 is 1.92 bits per heavy atom. The van der Waals surface area contributed by atoms with Crippen molar-refractivity contribution in [1.82, 2.24) is 10.2 Å². The minimum absolute atomic E-state index is 0.0565. The van der Waals surface area contributed by atoms with Gasteiger partial charge in [-0.05, 0) is 36.0 Å². The zero-order valence-electron chi connectivity index (χ0n) is 15.9. The first-order valence-corrected chi connectivity index (χ1v) is 9.21. The molecule has 0 aliphatic carbocycles. The second-order valence-electron chi connectivity index (χ2n) is 7.91. The van der Waals surface area contributed by atoms with Crippen molar-refractivity contribution in [3.63, 3.8) is 0 Å². The zero-order valence-corrected chi connectivity index (χ0v) is 15.9. The summed E-state index contributed by atoms with van der Waals surface area (Å²) in [6.45, 7) is 16.4. The summed E-state index contributed by atoms with van der Waals surface area (Å²) in [5, 5.41) is 14.4. The molecule has 4 heteroatoms. The number of rotatable bonds is 6. The molecule has 0 amide bonds. The Bertz CT molecular complexity index is 519. The van der Waals surface area contributed by atoms with E-state index in [1.807, 2.05) is 13.0 Å². The Labute approximate surface area is 147 Å². The van der Waals surface area contributed by atoms with Crippen LogP contribution in [-0.4, -0.2) is 49.3 Å². The summed E-state index contributed by atoms with van der Waals surface area (Å²) in [5.41, 5.74) is 2.21. The molecule has 2 unspecified atom stereocenters. The molecule has 1 saturated heterocycles. The molecule has 1 fully saturated rings. The standard InChI is InChI=1S/C20H34N2O2/c1-6-24-18-8-7-16(20(3,4)5)13-17(18)19(23)15(2)14-22-11-9-21-10-12-22/h7-8,13,15,19,21,23H,6,9-12,14H2,1-5H3. The number of benzene rings is 1. The minimum Gasteiger partial charge on any atom is -0.493 e. The molecule has 0 radical (unpaired) electrons. The fourth-order valence-corrected chi connectivity index (χ4v) is 3.24. The molecular formula is C20H34N2O2. The van der Waals surface area contributed by atoms with E-state index in [-0.39, 0.29) is 11.3 Å². The van der Waals surface area contributed by atoms with E-state index in [1.54, 1.807) is 0 Å². The first-order chi connectivity index (χ1) is 11.3. The summed E-state index contributed by atoms with van der Waals surface area (Å²) in [6.07, 6.45) is -0.510. The van der Waals surface area contributed by atoms with Gasteiger partial charge in [-0.1, -0.05) is 33.8 Å². The van der Waals surface area contributed by atoms with Crippen LogP contribution in [0.25, 0.3) is 0 Å². The summed E-state index contributed by atoms with van der Waals surface area (Å²) >= 11 is 0. The molecule has 1 aromatic rings. The number of aliphatic hydroxyl groups excluding tert-OH is 1. The summed E-state index contributed by atoms with van der Waals surface area (Å²) in [4.78, 5) is 2.43. The van der Waals surface area contributed by atoms with E-state index < -0.39 is 6.10 Å². The molecule has 0 bridgehead atoms. The van der Waals surface area contributed by atoms with Gasteiger partial charge in [0, 0.05) is 38.3 Å². The van der Waals surface area contributed by atoms with Gasteiger partial charge in [-0.25, -0.2) is 0 Å².